The SMILES string of the molecule is O=C(O)/C(=C/c1ccc(O)cc1)c1cc(O)cc(O)c1. The van der Waals surface area contributed by atoms with E-state index in [0.29, 0.717) is 5.56 Å². The molecule has 0 fully saturated rings. The molecule has 102 valence electrons. The summed E-state index contributed by atoms with van der Waals surface area (Å²) in [6.07, 6.45) is 1.38. The molecular weight excluding hydrogens is 260 g/mol. The molecule has 2 aromatic rings. The summed E-state index contributed by atoms with van der Waals surface area (Å²) >= 11 is 0. The highest BCUT2D eigenvalue weighted by molar-refractivity contribution is 6.20. The fourth-order valence-electron chi connectivity index (χ4n) is 1.76. The Morgan fingerprint density at radius 2 is 1.40 bits per heavy atom. The van der Waals surface area contributed by atoms with E-state index in [4.69, 9.17) is 0 Å². The first-order chi connectivity index (χ1) is 9.45. The van der Waals surface area contributed by atoms with Crippen molar-refractivity contribution in [1.82, 2.24) is 0 Å². The molecule has 0 unspecified atom stereocenters. The monoisotopic (exact) mass is 272 g/mol. The summed E-state index contributed by atoms with van der Waals surface area (Å²) in [6.45, 7) is 0. The van der Waals surface area contributed by atoms with E-state index in [9.17, 15) is 25.2 Å². The second kappa shape index (κ2) is 5.36. The smallest absolute Gasteiger partial charge is 0.336 e. The molecule has 0 aromatic heterocycles. The number of hydrogen-bond acceptors (Lipinski definition) is 4. The van der Waals surface area contributed by atoms with Gasteiger partial charge in [-0.2, -0.15) is 0 Å². The van der Waals surface area contributed by atoms with Crippen LogP contribution in [0, 0.1) is 0 Å². The van der Waals surface area contributed by atoms with Crippen LogP contribution in [0.1, 0.15) is 11.1 Å². The minimum atomic E-state index is -1.19. The summed E-state index contributed by atoms with van der Waals surface area (Å²) in [5.41, 5.74) is 0.674. The first-order valence-corrected chi connectivity index (χ1v) is 5.73. The molecule has 0 spiro atoms. The molecule has 0 atom stereocenters. The number of hydrogen-bond donors (Lipinski definition) is 4. The highest BCUT2D eigenvalue weighted by Gasteiger charge is 2.12. The van der Waals surface area contributed by atoms with Crippen molar-refractivity contribution in [3.8, 4) is 17.2 Å². The summed E-state index contributed by atoms with van der Waals surface area (Å²) in [5, 5.41) is 37.3. The Morgan fingerprint density at radius 1 is 0.850 bits per heavy atom. The van der Waals surface area contributed by atoms with Gasteiger partial charge in [0.05, 0.1) is 5.57 Å². The second-order valence-electron chi connectivity index (χ2n) is 4.19. The van der Waals surface area contributed by atoms with Gasteiger partial charge in [-0.25, -0.2) is 4.79 Å². The molecule has 0 saturated heterocycles. The molecule has 0 heterocycles. The van der Waals surface area contributed by atoms with E-state index in [1.165, 1.54) is 30.3 Å². The topological polar surface area (TPSA) is 98.0 Å². The molecule has 0 aliphatic carbocycles. The molecule has 4 N–H and O–H groups in total. The molecule has 0 aliphatic heterocycles. The Morgan fingerprint density at radius 3 is 1.90 bits per heavy atom. The van der Waals surface area contributed by atoms with Gasteiger partial charge in [0.15, 0.2) is 0 Å². The van der Waals surface area contributed by atoms with Crippen LogP contribution in [-0.4, -0.2) is 26.4 Å². The number of rotatable bonds is 3. The second-order valence-corrected chi connectivity index (χ2v) is 4.19. The third kappa shape index (κ3) is 3.08. The molecule has 0 bridgehead atoms. The zero-order chi connectivity index (χ0) is 14.7. The van der Waals surface area contributed by atoms with Gasteiger partial charge in [0.2, 0.25) is 0 Å². The van der Waals surface area contributed by atoms with Gasteiger partial charge in [-0.1, -0.05) is 12.1 Å². The van der Waals surface area contributed by atoms with Crippen LogP contribution in [0.5, 0.6) is 17.2 Å². The van der Waals surface area contributed by atoms with Gasteiger partial charge in [0, 0.05) is 6.07 Å². The average Bonchev–Trinajstić information content (AvgIpc) is 2.36. The van der Waals surface area contributed by atoms with E-state index < -0.39 is 5.97 Å². The standard InChI is InChI=1S/C15H12O5/c16-11-3-1-9(2-4-11)5-14(15(19)20)10-6-12(17)8-13(18)7-10/h1-8,16-18H,(H,19,20)/b14-5+. The van der Waals surface area contributed by atoms with Crippen LogP contribution in [-0.2, 0) is 4.79 Å². The van der Waals surface area contributed by atoms with Crippen LogP contribution in [0.3, 0.4) is 0 Å². The van der Waals surface area contributed by atoms with Crippen molar-refractivity contribution >= 4 is 17.6 Å². The average molecular weight is 272 g/mol. The predicted octanol–water partition coefficient (Wildman–Crippen LogP) is 2.43. The zero-order valence-electron chi connectivity index (χ0n) is 10.3. The number of phenols is 3. The lowest BCUT2D eigenvalue weighted by atomic mass is 10.0. The Labute approximate surface area is 114 Å². The minimum absolute atomic E-state index is 0.0778. The van der Waals surface area contributed by atoms with E-state index >= 15 is 0 Å². The van der Waals surface area contributed by atoms with Crippen molar-refractivity contribution in [1.29, 1.82) is 0 Å². The normalized spacial score (nSPS) is 11.3. The zero-order valence-corrected chi connectivity index (χ0v) is 10.3. The molecule has 0 radical (unpaired) electrons. The van der Waals surface area contributed by atoms with E-state index in [0.717, 1.165) is 6.07 Å². The maximum Gasteiger partial charge on any atom is 0.336 e. The van der Waals surface area contributed by atoms with E-state index in [1.54, 1.807) is 12.1 Å². The summed E-state index contributed by atoms with van der Waals surface area (Å²) in [4.78, 5) is 11.3. The summed E-state index contributed by atoms with van der Waals surface area (Å²) in [6, 6.07) is 9.60. The predicted molar refractivity (Wildman–Crippen MR) is 73.4 cm³/mol. The fraction of sp³-hybridized carbons (Fsp3) is 0. The van der Waals surface area contributed by atoms with Crippen LogP contribution < -0.4 is 0 Å². The molecule has 20 heavy (non-hydrogen) atoms. The Kier molecular flexibility index (Phi) is 3.61. The summed E-state index contributed by atoms with van der Waals surface area (Å²) < 4.78 is 0. The van der Waals surface area contributed by atoms with E-state index in [1.807, 2.05) is 0 Å². The van der Waals surface area contributed by atoms with Gasteiger partial charge in [0.25, 0.3) is 0 Å². The largest absolute Gasteiger partial charge is 0.508 e. The number of carboxylic acid groups (broad SMARTS) is 1. The van der Waals surface area contributed by atoms with Crippen LogP contribution in [0.25, 0.3) is 11.6 Å². The van der Waals surface area contributed by atoms with Crippen LogP contribution in [0.15, 0.2) is 42.5 Å². The lowest BCUT2D eigenvalue weighted by Crippen LogP contribution is -1.99. The number of benzene rings is 2. The Hall–Kier alpha value is -2.95. The number of carbonyl (C=O) groups is 1. The van der Waals surface area contributed by atoms with Crippen molar-refractivity contribution in [2.24, 2.45) is 0 Å². The van der Waals surface area contributed by atoms with Gasteiger partial charge in [0.1, 0.15) is 17.2 Å². The third-order valence-electron chi connectivity index (χ3n) is 2.65. The molecule has 0 saturated carbocycles. The van der Waals surface area contributed by atoms with Gasteiger partial charge in [-0.15, -0.1) is 0 Å². The Bertz CT molecular complexity index is 651. The van der Waals surface area contributed by atoms with Crippen molar-refractivity contribution < 1.29 is 25.2 Å². The number of carboxylic acids is 1. The lowest BCUT2D eigenvalue weighted by Gasteiger charge is -2.05. The first-order valence-electron chi connectivity index (χ1n) is 5.73. The molecular formula is C15H12O5. The van der Waals surface area contributed by atoms with Crippen LogP contribution in [0.2, 0.25) is 0 Å². The van der Waals surface area contributed by atoms with Crippen molar-refractivity contribution in [3.63, 3.8) is 0 Å². The molecule has 2 aromatic carbocycles. The first kappa shape index (κ1) is 13.5. The highest BCUT2D eigenvalue weighted by Crippen LogP contribution is 2.27. The number of phenolic OH excluding ortho intramolecular Hbond substituents is 3. The minimum Gasteiger partial charge on any atom is -0.508 e. The van der Waals surface area contributed by atoms with Crippen molar-refractivity contribution in [2.75, 3.05) is 0 Å². The van der Waals surface area contributed by atoms with Crippen molar-refractivity contribution in [3.05, 3.63) is 53.6 Å². The van der Waals surface area contributed by atoms with Crippen LogP contribution >= 0.6 is 0 Å². The van der Waals surface area contributed by atoms with E-state index in [2.05, 4.69) is 0 Å². The molecule has 0 amide bonds. The van der Waals surface area contributed by atoms with Gasteiger partial charge < -0.3 is 20.4 Å². The fourth-order valence-corrected chi connectivity index (χ4v) is 1.76. The van der Waals surface area contributed by atoms with E-state index in [-0.39, 0.29) is 28.4 Å². The van der Waals surface area contributed by atoms with Gasteiger partial charge in [-0.3, -0.25) is 0 Å². The van der Waals surface area contributed by atoms with Gasteiger partial charge in [-0.05, 0) is 41.5 Å². The van der Waals surface area contributed by atoms with Crippen molar-refractivity contribution in [2.45, 2.75) is 0 Å². The maximum atomic E-state index is 11.3. The van der Waals surface area contributed by atoms with Crippen LogP contribution in [0.4, 0.5) is 0 Å². The third-order valence-corrected chi connectivity index (χ3v) is 2.65. The summed E-state index contributed by atoms with van der Waals surface area (Å²) in [5.74, 6) is -1.56. The highest BCUT2D eigenvalue weighted by atomic mass is 16.4. The van der Waals surface area contributed by atoms with Gasteiger partial charge >= 0.3 is 5.97 Å². The molecule has 5 nitrogen and oxygen atoms in total. The maximum absolute atomic E-state index is 11.3. The molecule has 2 rings (SSSR count). The summed E-state index contributed by atoms with van der Waals surface area (Å²) in [7, 11) is 0. The quantitative estimate of drug-likeness (QED) is 0.508. The molecule has 5 heteroatoms. The lowest BCUT2D eigenvalue weighted by molar-refractivity contribution is -0.130. The molecule has 0 aliphatic rings. The number of aliphatic carboxylic acids is 1. The Balaban J connectivity index is 2.50. The number of aromatic hydroxyl groups is 3.